The topological polar surface area (TPSA) is 52.6 Å². The standard InChI is InChI=1S/C9H14O4/c1-4-12-8(11)13-7-6(5-10)9(7,2)3/h5-7H,4H2,1-3H3. The number of rotatable bonds is 3. The molecule has 0 heterocycles. The Hall–Kier alpha value is -1.06. The number of carbonyl (C=O) groups is 2. The Morgan fingerprint density at radius 3 is 2.54 bits per heavy atom. The van der Waals surface area contributed by atoms with E-state index in [1.165, 1.54) is 0 Å². The Bertz CT molecular complexity index is 222. The Labute approximate surface area is 77.2 Å². The van der Waals surface area contributed by atoms with Crippen LogP contribution in [0.1, 0.15) is 20.8 Å². The fourth-order valence-corrected chi connectivity index (χ4v) is 1.36. The van der Waals surface area contributed by atoms with Crippen LogP contribution >= 0.6 is 0 Å². The summed E-state index contributed by atoms with van der Waals surface area (Å²) >= 11 is 0. The van der Waals surface area contributed by atoms with Gasteiger partial charge in [-0.3, -0.25) is 0 Å². The number of aldehydes is 1. The lowest BCUT2D eigenvalue weighted by Gasteiger charge is -2.04. The second-order valence-corrected chi connectivity index (χ2v) is 3.70. The summed E-state index contributed by atoms with van der Waals surface area (Å²) in [6.45, 7) is 5.76. The minimum atomic E-state index is -0.690. The van der Waals surface area contributed by atoms with Crippen LogP contribution in [0.2, 0.25) is 0 Å². The largest absolute Gasteiger partial charge is 0.508 e. The number of ether oxygens (including phenoxy) is 2. The van der Waals surface area contributed by atoms with Crippen LogP contribution in [0.25, 0.3) is 0 Å². The third kappa shape index (κ3) is 1.82. The lowest BCUT2D eigenvalue weighted by atomic mass is 10.1. The molecule has 0 saturated heterocycles. The number of hydrogen-bond acceptors (Lipinski definition) is 4. The normalized spacial score (nSPS) is 29.2. The van der Waals surface area contributed by atoms with Gasteiger partial charge in [0.15, 0.2) is 0 Å². The van der Waals surface area contributed by atoms with Crippen LogP contribution in [0.5, 0.6) is 0 Å². The molecule has 4 heteroatoms. The Morgan fingerprint density at radius 2 is 2.15 bits per heavy atom. The molecule has 0 aromatic rings. The zero-order valence-electron chi connectivity index (χ0n) is 8.07. The summed E-state index contributed by atoms with van der Waals surface area (Å²) in [6, 6.07) is 0. The minimum Gasteiger partial charge on any atom is -0.435 e. The van der Waals surface area contributed by atoms with Crippen molar-refractivity contribution in [3.8, 4) is 0 Å². The van der Waals surface area contributed by atoms with E-state index in [1.807, 2.05) is 13.8 Å². The van der Waals surface area contributed by atoms with E-state index in [4.69, 9.17) is 4.74 Å². The fraction of sp³-hybridized carbons (Fsp3) is 0.778. The van der Waals surface area contributed by atoms with Crippen LogP contribution in [0, 0.1) is 11.3 Å². The van der Waals surface area contributed by atoms with E-state index in [0.29, 0.717) is 0 Å². The summed E-state index contributed by atoms with van der Waals surface area (Å²) in [5, 5.41) is 0. The SMILES string of the molecule is CCOC(=O)OC1C(C=O)C1(C)C. The molecule has 0 N–H and O–H groups in total. The molecule has 1 fully saturated rings. The van der Waals surface area contributed by atoms with Gasteiger partial charge >= 0.3 is 6.16 Å². The fourth-order valence-electron chi connectivity index (χ4n) is 1.36. The first-order valence-corrected chi connectivity index (χ1v) is 4.32. The Balaban J connectivity index is 2.40. The quantitative estimate of drug-likeness (QED) is 0.493. The predicted molar refractivity (Wildman–Crippen MR) is 45.2 cm³/mol. The third-order valence-corrected chi connectivity index (χ3v) is 2.44. The molecule has 1 aliphatic carbocycles. The first kappa shape index (κ1) is 10.0. The molecular weight excluding hydrogens is 172 g/mol. The van der Waals surface area contributed by atoms with Gasteiger partial charge in [0.05, 0.1) is 12.5 Å². The van der Waals surface area contributed by atoms with Gasteiger partial charge in [-0.25, -0.2) is 4.79 Å². The molecule has 1 saturated carbocycles. The molecule has 1 rings (SSSR count). The highest BCUT2D eigenvalue weighted by atomic mass is 16.7. The molecular formula is C9H14O4. The van der Waals surface area contributed by atoms with Crippen LogP contribution in [0.4, 0.5) is 4.79 Å². The Kier molecular flexibility index (Phi) is 2.59. The van der Waals surface area contributed by atoms with Crippen molar-refractivity contribution in [3.63, 3.8) is 0 Å². The summed E-state index contributed by atoms with van der Waals surface area (Å²) in [6.07, 6.45) is -0.182. The molecule has 0 aromatic heterocycles. The molecule has 13 heavy (non-hydrogen) atoms. The van der Waals surface area contributed by atoms with Crippen LogP contribution in [-0.2, 0) is 14.3 Å². The van der Waals surface area contributed by atoms with E-state index >= 15 is 0 Å². The molecule has 0 radical (unpaired) electrons. The summed E-state index contributed by atoms with van der Waals surface area (Å²) in [5.74, 6) is -0.183. The van der Waals surface area contributed by atoms with E-state index < -0.39 is 6.16 Å². The lowest BCUT2D eigenvalue weighted by molar-refractivity contribution is -0.109. The molecule has 4 nitrogen and oxygen atoms in total. The number of hydrogen-bond donors (Lipinski definition) is 0. The van der Waals surface area contributed by atoms with E-state index in [2.05, 4.69) is 4.74 Å². The van der Waals surface area contributed by atoms with Gasteiger partial charge in [-0.2, -0.15) is 0 Å². The van der Waals surface area contributed by atoms with Gasteiger partial charge in [0.2, 0.25) is 0 Å². The van der Waals surface area contributed by atoms with Gasteiger partial charge in [-0.15, -0.1) is 0 Å². The maximum Gasteiger partial charge on any atom is 0.508 e. The van der Waals surface area contributed by atoms with Crippen molar-refractivity contribution >= 4 is 12.4 Å². The summed E-state index contributed by atoms with van der Waals surface area (Å²) in [4.78, 5) is 21.4. The van der Waals surface area contributed by atoms with Gasteiger partial charge in [-0.05, 0) is 6.92 Å². The van der Waals surface area contributed by atoms with Gasteiger partial charge in [0, 0.05) is 5.41 Å². The summed E-state index contributed by atoms with van der Waals surface area (Å²) < 4.78 is 9.53. The van der Waals surface area contributed by atoms with Gasteiger partial charge < -0.3 is 14.3 Å². The second kappa shape index (κ2) is 3.36. The average Bonchev–Trinajstić information content (AvgIpc) is 2.53. The third-order valence-electron chi connectivity index (χ3n) is 2.44. The van der Waals surface area contributed by atoms with Gasteiger partial charge in [0.1, 0.15) is 12.4 Å². The van der Waals surface area contributed by atoms with Crippen molar-refractivity contribution in [1.82, 2.24) is 0 Å². The number of carbonyl (C=O) groups excluding carboxylic acids is 2. The molecule has 0 bridgehead atoms. The highest BCUT2D eigenvalue weighted by Gasteiger charge is 2.61. The van der Waals surface area contributed by atoms with Crippen molar-refractivity contribution in [1.29, 1.82) is 0 Å². The molecule has 74 valence electrons. The van der Waals surface area contributed by atoms with Crippen molar-refractivity contribution in [2.24, 2.45) is 11.3 Å². The average molecular weight is 186 g/mol. The molecule has 0 aliphatic heterocycles. The zero-order chi connectivity index (χ0) is 10.1. The van der Waals surface area contributed by atoms with Crippen LogP contribution in [-0.4, -0.2) is 25.2 Å². The molecule has 0 aromatic carbocycles. The summed E-state index contributed by atoms with van der Waals surface area (Å²) in [5.41, 5.74) is -0.228. The van der Waals surface area contributed by atoms with Crippen molar-refractivity contribution in [2.45, 2.75) is 26.9 Å². The monoisotopic (exact) mass is 186 g/mol. The van der Waals surface area contributed by atoms with Gasteiger partial charge in [-0.1, -0.05) is 13.8 Å². The molecule has 2 atom stereocenters. The van der Waals surface area contributed by atoms with E-state index in [-0.39, 0.29) is 24.0 Å². The highest BCUT2D eigenvalue weighted by molar-refractivity contribution is 5.66. The predicted octanol–water partition coefficient (Wildman–Crippen LogP) is 1.38. The second-order valence-electron chi connectivity index (χ2n) is 3.70. The van der Waals surface area contributed by atoms with E-state index in [9.17, 15) is 9.59 Å². The maximum atomic E-state index is 10.9. The van der Waals surface area contributed by atoms with Gasteiger partial charge in [0.25, 0.3) is 0 Å². The maximum absolute atomic E-state index is 10.9. The minimum absolute atomic E-state index is 0.183. The smallest absolute Gasteiger partial charge is 0.435 e. The highest BCUT2D eigenvalue weighted by Crippen LogP contribution is 2.52. The van der Waals surface area contributed by atoms with E-state index in [0.717, 1.165) is 6.29 Å². The summed E-state index contributed by atoms with van der Waals surface area (Å²) in [7, 11) is 0. The van der Waals surface area contributed by atoms with Crippen LogP contribution in [0.3, 0.4) is 0 Å². The van der Waals surface area contributed by atoms with E-state index in [1.54, 1.807) is 6.92 Å². The van der Waals surface area contributed by atoms with Crippen LogP contribution in [0.15, 0.2) is 0 Å². The Morgan fingerprint density at radius 1 is 1.54 bits per heavy atom. The van der Waals surface area contributed by atoms with Crippen LogP contribution < -0.4 is 0 Å². The lowest BCUT2D eigenvalue weighted by Crippen LogP contribution is -2.12. The first-order chi connectivity index (χ1) is 6.04. The zero-order valence-corrected chi connectivity index (χ0v) is 8.07. The molecule has 0 amide bonds. The molecule has 2 unspecified atom stereocenters. The van der Waals surface area contributed by atoms with Crippen molar-refractivity contribution < 1.29 is 19.1 Å². The van der Waals surface area contributed by atoms with Crippen molar-refractivity contribution in [2.75, 3.05) is 6.61 Å². The molecule has 1 aliphatic rings. The molecule has 0 spiro atoms. The first-order valence-electron chi connectivity index (χ1n) is 4.32. The van der Waals surface area contributed by atoms with Crippen molar-refractivity contribution in [3.05, 3.63) is 0 Å².